The number of nitrogens with one attached hydrogen (secondary N) is 1. The van der Waals surface area contributed by atoms with Gasteiger partial charge in [-0.2, -0.15) is 5.10 Å². The number of benzene rings is 2. The summed E-state index contributed by atoms with van der Waals surface area (Å²) in [5.74, 6) is -0.826. The quantitative estimate of drug-likeness (QED) is 0.460. The molecule has 1 N–H and O–H groups in total. The molecular formula is C25H22F2N4OS. The lowest BCUT2D eigenvalue weighted by molar-refractivity contribution is 0.465. The molecule has 0 amide bonds. The van der Waals surface area contributed by atoms with E-state index >= 15 is 0 Å². The highest BCUT2D eigenvalue weighted by molar-refractivity contribution is 7.15. The zero-order chi connectivity index (χ0) is 22.8. The van der Waals surface area contributed by atoms with Gasteiger partial charge in [0, 0.05) is 34.3 Å². The van der Waals surface area contributed by atoms with E-state index in [4.69, 9.17) is 0 Å². The van der Waals surface area contributed by atoms with Gasteiger partial charge in [0.15, 0.2) is 0 Å². The third-order valence-electron chi connectivity index (χ3n) is 5.80. The van der Waals surface area contributed by atoms with Crippen LogP contribution in [0.1, 0.15) is 29.2 Å². The van der Waals surface area contributed by atoms with Gasteiger partial charge in [-0.05, 0) is 61.7 Å². The fourth-order valence-corrected chi connectivity index (χ4v) is 5.19. The number of aromatic nitrogens is 3. The third-order valence-corrected chi connectivity index (χ3v) is 7.01. The van der Waals surface area contributed by atoms with Crippen LogP contribution >= 0.6 is 11.3 Å². The Morgan fingerprint density at radius 1 is 1.00 bits per heavy atom. The minimum absolute atomic E-state index is 0.241. The van der Waals surface area contributed by atoms with Crippen molar-refractivity contribution in [2.24, 2.45) is 0 Å². The zero-order valence-electron chi connectivity index (χ0n) is 17.8. The van der Waals surface area contributed by atoms with Crippen molar-refractivity contribution in [2.75, 3.05) is 13.1 Å². The number of halogens is 2. The molecule has 0 radical (unpaired) electrons. The van der Waals surface area contributed by atoms with Crippen molar-refractivity contribution in [3.63, 3.8) is 0 Å². The molecule has 4 aromatic rings. The Kier molecular flexibility index (Phi) is 6.11. The second kappa shape index (κ2) is 9.33. The van der Waals surface area contributed by atoms with Gasteiger partial charge in [-0.1, -0.05) is 18.2 Å². The van der Waals surface area contributed by atoms with Gasteiger partial charge in [0.1, 0.15) is 16.6 Å². The average molecular weight is 465 g/mol. The summed E-state index contributed by atoms with van der Waals surface area (Å²) in [7, 11) is 0. The number of thiazole rings is 1. The van der Waals surface area contributed by atoms with Gasteiger partial charge in [-0.3, -0.25) is 4.79 Å². The van der Waals surface area contributed by atoms with Crippen molar-refractivity contribution in [1.29, 1.82) is 0 Å². The van der Waals surface area contributed by atoms with E-state index in [1.807, 2.05) is 30.5 Å². The summed E-state index contributed by atoms with van der Waals surface area (Å²) in [6.45, 7) is 2.32. The molecule has 5 nitrogen and oxygen atoms in total. The highest BCUT2D eigenvalue weighted by atomic mass is 32.1. The molecular weight excluding hydrogens is 442 g/mol. The summed E-state index contributed by atoms with van der Waals surface area (Å²) in [5, 5.41) is 8.68. The monoisotopic (exact) mass is 464 g/mol. The van der Waals surface area contributed by atoms with Crippen molar-refractivity contribution >= 4 is 11.3 Å². The normalized spacial score (nSPS) is 14.5. The molecule has 2 aromatic carbocycles. The predicted octanol–water partition coefficient (Wildman–Crippen LogP) is 4.83. The van der Waals surface area contributed by atoms with Crippen LogP contribution in [0.4, 0.5) is 8.78 Å². The van der Waals surface area contributed by atoms with E-state index in [1.54, 1.807) is 11.3 Å². The smallest absolute Gasteiger partial charge is 0.267 e. The van der Waals surface area contributed by atoms with Crippen molar-refractivity contribution in [2.45, 2.75) is 25.3 Å². The molecule has 0 atom stereocenters. The maximum Gasteiger partial charge on any atom is 0.267 e. The number of hydrogen-bond donors (Lipinski definition) is 1. The molecule has 0 saturated carbocycles. The Hall–Kier alpha value is -3.23. The number of piperidine rings is 1. The highest BCUT2D eigenvalue weighted by Gasteiger charge is 2.18. The van der Waals surface area contributed by atoms with E-state index in [1.165, 1.54) is 33.8 Å². The van der Waals surface area contributed by atoms with Crippen molar-refractivity contribution in [3.05, 3.63) is 93.2 Å². The maximum atomic E-state index is 13.6. The molecule has 0 bridgehead atoms. The first-order valence-electron chi connectivity index (χ1n) is 10.9. The molecule has 33 heavy (non-hydrogen) atoms. The molecule has 0 aliphatic carbocycles. The number of hydrogen-bond acceptors (Lipinski definition) is 5. The molecule has 1 aliphatic rings. The third kappa shape index (κ3) is 4.91. The van der Waals surface area contributed by atoms with Crippen LogP contribution in [-0.4, -0.2) is 27.9 Å². The molecule has 1 saturated heterocycles. The van der Waals surface area contributed by atoms with Gasteiger partial charge in [0.2, 0.25) is 0 Å². The van der Waals surface area contributed by atoms with E-state index in [0.717, 1.165) is 48.1 Å². The van der Waals surface area contributed by atoms with E-state index in [2.05, 4.69) is 15.4 Å². The molecule has 0 unspecified atom stereocenters. The van der Waals surface area contributed by atoms with Crippen LogP contribution in [0.5, 0.6) is 0 Å². The van der Waals surface area contributed by atoms with Gasteiger partial charge >= 0.3 is 0 Å². The lowest BCUT2D eigenvalue weighted by Gasteiger charge is -2.20. The van der Waals surface area contributed by atoms with Crippen molar-refractivity contribution < 1.29 is 8.78 Å². The lowest BCUT2D eigenvalue weighted by Crippen LogP contribution is -2.26. The lowest BCUT2D eigenvalue weighted by atomic mass is 9.97. The first kappa shape index (κ1) is 21.6. The Labute approximate surface area is 193 Å². The SMILES string of the molecule is O=c1ccc(-c2cc(F)cc(F)c2)nn1Cc1cccc(-c2ncc(C3CCNCC3)s2)c1. The average Bonchev–Trinajstić information content (AvgIpc) is 3.31. The van der Waals surface area contributed by atoms with Crippen LogP contribution in [0.15, 0.2) is 65.6 Å². The summed E-state index contributed by atoms with van der Waals surface area (Å²) in [5.41, 5.74) is 2.21. The van der Waals surface area contributed by atoms with Gasteiger partial charge in [0.05, 0.1) is 12.2 Å². The highest BCUT2D eigenvalue weighted by Crippen LogP contribution is 2.34. The Morgan fingerprint density at radius 2 is 1.79 bits per heavy atom. The molecule has 8 heteroatoms. The standard InChI is InChI=1S/C25H22F2N4OS/c26-20-11-19(12-21(27)13-20)22-4-5-24(32)31(30-22)15-16-2-1-3-18(10-16)25-29-14-23(33-25)17-6-8-28-9-7-17/h1-5,10-14,17,28H,6-9,15H2. The second-order valence-electron chi connectivity index (χ2n) is 8.17. The summed E-state index contributed by atoms with van der Waals surface area (Å²) >= 11 is 1.72. The molecule has 168 valence electrons. The van der Waals surface area contributed by atoms with Crippen LogP contribution in [0, 0.1) is 11.6 Å². The molecule has 3 heterocycles. The summed E-state index contributed by atoms with van der Waals surface area (Å²) in [6.07, 6.45) is 4.24. The molecule has 2 aromatic heterocycles. The summed E-state index contributed by atoms with van der Waals surface area (Å²) in [4.78, 5) is 18.4. The molecule has 1 fully saturated rings. The molecule has 0 spiro atoms. The number of nitrogens with zero attached hydrogens (tertiary/aromatic N) is 3. The fourth-order valence-electron chi connectivity index (χ4n) is 4.11. The summed E-state index contributed by atoms with van der Waals surface area (Å²) in [6, 6.07) is 13.9. The van der Waals surface area contributed by atoms with Crippen LogP contribution in [0.3, 0.4) is 0 Å². The van der Waals surface area contributed by atoms with Crippen LogP contribution in [-0.2, 0) is 6.54 Å². The first-order chi connectivity index (χ1) is 16.0. The van der Waals surface area contributed by atoms with E-state index in [0.29, 0.717) is 11.6 Å². The topological polar surface area (TPSA) is 59.8 Å². The molecule has 1 aliphatic heterocycles. The Bertz CT molecular complexity index is 1320. The minimum atomic E-state index is -0.690. The second-order valence-corrected chi connectivity index (χ2v) is 9.23. The van der Waals surface area contributed by atoms with Crippen LogP contribution < -0.4 is 10.9 Å². The number of rotatable bonds is 5. The largest absolute Gasteiger partial charge is 0.317 e. The van der Waals surface area contributed by atoms with E-state index in [-0.39, 0.29) is 17.7 Å². The molecule has 5 rings (SSSR count). The summed E-state index contributed by atoms with van der Waals surface area (Å²) < 4.78 is 28.5. The van der Waals surface area contributed by atoms with Gasteiger partial charge in [-0.25, -0.2) is 18.4 Å². The van der Waals surface area contributed by atoms with Crippen molar-refractivity contribution in [1.82, 2.24) is 20.1 Å². The van der Waals surface area contributed by atoms with Crippen molar-refractivity contribution in [3.8, 4) is 21.8 Å². The van der Waals surface area contributed by atoms with Gasteiger partial charge in [0.25, 0.3) is 5.56 Å². The Balaban J connectivity index is 1.40. The zero-order valence-corrected chi connectivity index (χ0v) is 18.6. The fraction of sp³-hybridized carbons (Fsp3) is 0.240. The van der Waals surface area contributed by atoms with Crippen LogP contribution in [0.2, 0.25) is 0 Å². The van der Waals surface area contributed by atoms with E-state index < -0.39 is 11.6 Å². The Morgan fingerprint density at radius 3 is 2.58 bits per heavy atom. The minimum Gasteiger partial charge on any atom is -0.317 e. The van der Waals surface area contributed by atoms with Gasteiger partial charge < -0.3 is 5.32 Å². The maximum absolute atomic E-state index is 13.6. The van der Waals surface area contributed by atoms with E-state index in [9.17, 15) is 13.6 Å². The predicted molar refractivity (Wildman–Crippen MR) is 125 cm³/mol. The first-order valence-corrected chi connectivity index (χ1v) is 11.7. The van der Waals surface area contributed by atoms with Crippen LogP contribution in [0.25, 0.3) is 21.8 Å². The van der Waals surface area contributed by atoms with Gasteiger partial charge in [-0.15, -0.1) is 11.3 Å².